The Kier molecular flexibility index (Phi) is 4.52. The number of halogens is 1. The van der Waals surface area contributed by atoms with E-state index in [2.05, 4.69) is 38.3 Å². The monoisotopic (exact) mass is 414 g/mol. The number of rotatable bonds is 3. The van der Waals surface area contributed by atoms with E-state index in [4.69, 9.17) is 4.98 Å². The van der Waals surface area contributed by atoms with Crippen LogP contribution >= 0.6 is 0 Å². The van der Waals surface area contributed by atoms with Gasteiger partial charge in [-0.05, 0) is 47.9 Å². The molecule has 4 heterocycles. The summed E-state index contributed by atoms with van der Waals surface area (Å²) in [6.07, 6.45) is 4.69. The molecule has 2 aromatic heterocycles. The molecule has 6 rings (SSSR count). The topological polar surface area (TPSA) is 77.7 Å². The number of hydrazine groups is 1. The van der Waals surface area contributed by atoms with E-state index in [0.717, 1.165) is 41.0 Å². The number of benzene rings is 2. The molecule has 6 nitrogen and oxygen atoms in total. The van der Waals surface area contributed by atoms with Gasteiger partial charge in [0.25, 0.3) is 0 Å². The van der Waals surface area contributed by atoms with Gasteiger partial charge in [0, 0.05) is 42.5 Å². The van der Waals surface area contributed by atoms with E-state index >= 15 is 0 Å². The minimum atomic E-state index is -0.244. The van der Waals surface area contributed by atoms with Crippen LogP contribution < -0.4 is 16.2 Å². The number of para-hydroxylation sites is 1. The first kappa shape index (κ1) is 18.6. The van der Waals surface area contributed by atoms with Crippen LogP contribution in [0.3, 0.4) is 0 Å². The van der Waals surface area contributed by atoms with Crippen molar-refractivity contribution in [1.29, 1.82) is 0 Å². The quantitative estimate of drug-likeness (QED) is 0.412. The summed E-state index contributed by atoms with van der Waals surface area (Å²) in [4.78, 5) is 12.6. The summed E-state index contributed by atoms with van der Waals surface area (Å²) < 4.78 is 13.8. The molecular formula is C24H23FN6. The molecular weight excluding hydrogens is 391 g/mol. The third kappa shape index (κ3) is 3.31. The van der Waals surface area contributed by atoms with E-state index in [1.54, 1.807) is 12.1 Å². The van der Waals surface area contributed by atoms with Gasteiger partial charge in [0.2, 0.25) is 0 Å². The normalized spacial score (nSPS) is 25.6. The summed E-state index contributed by atoms with van der Waals surface area (Å²) in [5.41, 5.74) is 11.8. The lowest BCUT2D eigenvalue weighted by Crippen LogP contribution is -2.46. The summed E-state index contributed by atoms with van der Waals surface area (Å²) in [5.74, 6) is 1.05. The zero-order valence-corrected chi connectivity index (χ0v) is 16.8. The number of aromatic amines is 1. The Morgan fingerprint density at radius 3 is 2.71 bits per heavy atom. The number of pyridine rings is 1. The molecule has 4 atom stereocenters. The molecule has 0 spiro atoms. The van der Waals surface area contributed by atoms with E-state index in [9.17, 15) is 4.39 Å². The van der Waals surface area contributed by atoms with Gasteiger partial charge in [0.1, 0.15) is 11.6 Å². The highest BCUT2D eigenvalue weighted by Gasteiger charge is 2.42. The van der Waals surface area contributed by atoms with Gasteiger partial charge in [-0.15, -0.1) is 0 Å². The number of nitrogens with one attached hydrogen (secondary N) is 4. The van der Waals surface area contributed by atoms with Crippen molar-refractivity contribution in [2.24, 2.45) is 5.92 Å². The molecule has 2 fully saturated rings. The van der Waals surface area contributed by atoms with Crippen molar-refractivity contribution in [2.45, 2.75) is 24.5 Å². The van der Waals surface area contributed by atoms with Crippen molar-refractivity contribution in [1.82, 2.24) is 31.1 Å². The van der Waals surface area contributed by atoms with Gasteiger partial charge in [-0.3, -0.25) is 10.4 Å². The highest BCUT2D eigenvalue weighted by atomic mass is 19.1. The molecule has 4 N–H and O–H groups in total. The summed E-state index contributed by atoms with van der Waals surface area (Å²) in [6, 6.07) is 17.5. The summed E-state index contributed by atoms with van der Waals surface area (Å²) >= 11 is 0. The smallest absolute Gasteiger partial charge is 0.126 e. The standard InChI is InChI=1S/C24H23FN6/c25-16-4-1-3-15(11-16)17-5-2-6-19-22(17)29-24(28-19)23-18-12-20(14-7-9-26-10-8-14)27-13-21(18)30-31-23/h1-11,18,20-21,23,27,30-31H,12-13H2,(H,28,29). The zero-order chi connectivity index (χ0) is 20.8. The highest BCUT2D eigenvalue weighted by molar-refractivity contribution is 5.92. The lowest BCUT2D eigenvalue weighted by molar-refractivity contribution is 0.264. The van der Waals surface area contributed by atoms with Gasteiger partial charge in [-0.2, -0.15) is 0 Å². The van der Waals surface area contributed by atoms with Crippen LogP contribution in [-0.4, -0.2) is 27.5 Å². The Hall–Kier alpha value is -3.13. The van der Waals surface area contributed by atoms with Crippen molar-refractivity contribution < 1.29 is 4.39 Å². The third-order valence-corrected chi connectivity index (χ3v) is 6.53. The maximum atomic E-state index is 13.8. The lowest BCUT2D eigenvalue weighted by Gasteiger charge is -2.34. The van der Waals surface area contributed by atoms with Crippen molar-refractivity contribution in [3.05, 3.63) is 84.2 Å². The van der Waals surface area contributed by atoms with E-state index < -0.39 is 0 Å². The first-order chi connectivity index (χ1) is 15.3. The van der Waals surface area contributed by atoms with Crippen molar-refractivity contribution >= 4 is 11.0 Å². The summed E-state index contributed by atoms with van der Waals surface area (Å²) in [5, 5.41) is 3.64. The average Bonchev–Trinajstić information content (AvgIpc) is 3.43. The maximum Gasteiger partial charge on any atom is 0.126 e. The molecule has 2 saturated heterocycles. The third-order valence-electron chi connectivity index (χ3n) is 6.53. The van der Waals surface area contributed by atoms with Gasteiger partial charge in [0.15, 0.2) is 0 Å². The Morgan fingerprint density at radius 2 is 1.84 bits per heavy atom. The number of hydrogen-bond acceptors (Lipinski definition) is 5. The van der Waals surface area contributed by atoms with Crippen molar-refractivity contribution in [3.63, 3.8) is 0 Å². The SMILES string of the molecule is Fc1cccc(-c2cccc3[nH]c(C4NNC5CNC(c6ccncc6)CC54)nc23)c1. The number of fused-ring (bicyclic) bond motifs is 2. The largest absolute Gasteiger partial charge is 0.341 e. The van der Waals surface area contributed by atoms with Crippen LogP contribution in [0.5, 0.6) is 0 Å². The fourth-order valence-corrected chi connectivity index (χ4v) is 4.98. The first-order valence-corrected chi connectivity index (χ1v) is 10.7. The molecule has 2 aromatic carbocycles. The van der Waals surface area contributed by atoms with Crippen LogP contribution in [0.15, 0.2) is 67.0 Å². The fraction of sp³-hybridized carbons (Fsp3) is 0.250. The van der Waals surface area contributed by atoms with Gasteiger partial charge >= 0.3 is 0 Å². The molecule has 2 aliphatic rings. The second-order valence-corrected chi connectivity index (χ2v) is 8.35. The van der Waals surface area contributed by atoms with Crippen molar-refractivity contribution in [2.75, 3.05) is 6.54 Å². The van der Waals surface area contributed by atoms with Gasteiger partial charge in [-0.1, -0.05) is 24.3 Å². The van der Waals surface area contributed by atoms with Gasteiger partial charge < -0.3 is 10.3 Å². The number of imidazole rings is 1. The van der Waals surface area contributed by atoms with Crippen LogP contribution in [0.2, 0.25) is 0 Å². The predicted molar refractivity (Wildman–Crippen MR) is 117 cm³/mol. The Labute approximate surface area is 179 Å². The number of nitrogens with zero attached hydrogens (tertiary/aromatic N) is 2. The van der Waals surface area contributed by atoms with E-state index in [1.807, 2.05) is 36.7 Å². The molecule has 0 bridgehead atoms. The first-order valence-electron chi connectivity index (χ1n) is 10.7. The molecule has 0 saturated carbocycles. The molecule has 0 radical (unpaired) electrons. The second-order valence-electron chi connectivity index (χ2n) is 8.35. The Morgan fingerprint density at radius 1 is 0.968 bits per heavy atom. The molecule has 0 aliphatic carbocycles. The fourth-order valence-electron chi connectivity index (χ4n) is 4.98. The molecule has 156 valence electrons. The second kappa shape index (κ2) is 7.53. The Bertz CT molecular complexity index is 1220. The zero-order valence-electron chi connectivity index (χ0n) is 16.8. The number of H-pyrrole nitrogens is 1. The van der Waals surface area contributed by atoms with Crippen LogP contribution in [0.4, 0.5) is 4.39 Å². The van der Waals surface area contributed by atoms with Crippen LogP contribution in [0.1, 0.15) is 29.9 Å². The summed E-state index contributed by atoms with van der Waals surface area (Å²) in [7, 11) is 0. The van der Waals surface area contributed by atoms with E-state index in [-0.39, 0.29) is 11.9 Å². The number of aromatic nitrogens is 3. The molecule has 2 aliphatic heterocycles. The average molecular weight is 414 g/mol. The van der Waals surface area contributed by atoms with Gasteiger partial charge in [0.05, 0.1) is 17.1 Å². The van der Waals surface area contributed by atoms with E-state index in [1.165, 1.54) is 11.6 Å². The van der Waals surface area contributed by atoms with Crippen LogP contribution in [0, 0.1) is 11.7 Å². The van der Waals surface area contributed by atoms with Crippen LogP contribution in [0.25, 0.3) is 22.2 Å². The number of hydrogen-bond donors (Lipinski definition) is 4. The molecule has 4 aromatic rings. The maximum absolute atomic E-state index is 13.8. The number of piperidine rings is 1. The Balaban J connectivity index is 1.34. The van der Waals surface area contributed by atoms with Gasteiger partial charge in [-0.25, -0.2) is 14.8 Å². The molecule has 4 unspecified atom stereocenters. The van der Waals surface area contributed by atoms with Crippen LogP contribution in [-0.2, 0) is 0 Å². The molecule has 7 heteroatoms. The summed E-state index contributed by atoms with van der Waals surface area (Å²) in [6.45, 7) is 0.885. The minimum absolute atomic E-state index is 0.0733. The highest BCUT2D eigenvalue weighted by Crippen LogP contribution is 2.38. The minimum Gasteiger partial charge on any atom is -0.341 e. The lowest BCUT2D eigenvalue weighted by atomic mass is 9.82. The molecule has 31 heavy (non-hydrogen) atoms. The predicted octanol–water partition coefficient (Wildman–Crippen LogP) is 3.63. The molecule has 0 amide bonds. The van der Waals surface area contributed by atoms with E-state index in [0.29, 0.717) is 18.0 Å². The van der Waals surface area contributed by atoms with Crippen molar-refractivity contribution in [3.8, 4) is 11.1 Å².